The molecule has 0 bridgehead atoms. The molecule has 1 fully saturated rings. The molecule has 3 heteroatoms. The summed E-state index contributed by atoms with van der Waals surface area (Å²) in [6, 6.07) is 5.96. The molecular formula is C18H29NO2. The third-order valence-corrected chi connectivity index (χ3v) is 5.28. The van der Waals surface area contributed by atoms with E-state index in [1.54, 1.807) is 7.11 Å². The molecular weight excluding hydrogens is 262 g/mol. The van der Waals surface area contributed by atoms with Gasteiger partial charge in [0.1, 0.15) is 5.75 Å². The molecule has 0 radical (unpaired) electrons. The van der Waals surface area contributed by atoms with E-state index in [2.05, 4.69) is 6.92 Å². The Hall–Kier alpha value is -1.06. The lowest BCUT2D eigenvalue weighted by Crippen LogP contribution is -2.41. The zero-order chi connectivity index (χ0) is 15.5. The maximum atomic E-state index is 11.0. The van der Waals surface area contributed by atoms with Crippen LogP contribution in [0.2, 0.25) is 0 Å². The highest BCUT2D eigenvalue weighted by molar-refractivity contribution is 5.37. The van der Waals surface area contributed by atoms with E-state index in [1.807, 2.05) is 25.1 Å². The van der Waals surface area contributed by atoms with Gasteiger partial charge in [0.05, 0.1) is 13.2 Å². The Kier molecular flexibility index (Phi) is 5.28. The van der Waals surface area contributed by atoms with Gasteiger partial charge >= 0.3 is 0 Å². The van der Waals surface area contributed by atoms with Gasteiger partial charge in [-0.15, -0.1) is 0 Å². The first-order chi connectivity index (χ1) is 10.1. The molecule has 3 N–H and O–H groups in total. The minimum absolute atomic E-state index is 0.167. The lowest BCUT2D eigenvalue weighted by Gasteiger charge is -2.43. The molecule has 21 heavy (non-hydrogen) atoms. The van der Waals surface area contributed by atoms with Crippen molar-refractivity contribution >= 4 is 0 Å². The lowest BCUT2D eigenvalue weighted by atomic mass is 9.64. The number of aliphatic hydroxyl groups is 1. The van der Waals surface area contributed by atoms with Crippen LogP contribution in [-0.2, 0) is 0 Å². The second kappa shape index (κ2) is 6.80. The molecule has 0 spiro atoms. The van der Waals surface area contributed by atoms with Crippen LogP contribution in [-0.4, -0.2) is 18.8 Å². The van der Waals surface area contributed by atoms with Crippen LogP contribution in [0.15, 0.2) is 18.2 Å². The fourth-order valence-electron chi connectivity index (χ4n) is 3.84. The van der Waals surface area contributed by atoms with Crippen molar-refractivity contribution in [3.05, 3.63) is 29.3 Å². The number of ether oxygens (including phenoxy) is 1. The van der Waals surface area contributed by atoms with E-state index >= 15 is 0 Å². The number of rotatable bonds is 5. The summed E-state index contributed by atoms with van der Waals surface area (Å²) < 4.78 is 5.30. The van der Waals surface area contributed by atoms with E-state index < -0.39 is 6.10 Å². The van der Waals surface area contributed by atoms with Crippen LogP contribution < -0.4 is 10.5 Å². The van der Waals surface area contributed by atoms with E-state index in [-0.39, 0.29) is 5.41 Å². The smallest absolute Gasteiger partial charge is 0.121 e. The first-order valence-electron chi connectivity index (χ1n) is 8.09. The Labute approximate surface area is 128 Å². The van der Waals surface area contributed by atoms with E-state index in [4.69, 9.17) is 10.5 Å². The van der Waals surface area contributed by atoms with Crippen molar-refractivity contribution in [2.24, 2.45) is 17.1 Å². The van der Waals surface area contributed by atoms with Crippen molar-refractivity contribution in [1.82, 2.24) is 0 Å². The first kappa shape index (κ1) is 16.3. The van der Waals surface area contributed by atoms with Crippen molar-refractivity contribution in [1.29, 1.82) is 0 Å². The summed E-state index contributed by atoms with van der Waals surface area (Å²) in [6.45, 7) is 4.80. The van der Waals surface area contributed by atoms with Gasteiger partial charge in [0, 0.05) is 12.0 Å². The van der Waals surface area contributed by atoms with E-state index in [0.29, 0.717) is 12.5 Å². The molecule has 3 nitrogen and oxygen atoms in total. The van der Waals surface area contributed by atoms with Crippen LogP contribution in [0.1, 0.15) is 56.3 Å². The minimum atomic E-state index is -0.485. The van der Waals surface area contributed by atoms with Gasteiger partial charge in [-0.2, -0.15) is 0 Å². The Morgan fingerprint density at radius 3 is 2.81 bits per heavy atom. The third-order valence-electron chi connectivity index (χ3n) is 5.28. The number of aliphatic hydroxyl groups excluding tert-OH is 1. The summed E-state index contributed by atoms with van der Waals surface area (Å²) in [6.07, 6.45) is 5.18. The van der Waals surface area contributed by atoms with Crippen LogP contribution >= 0.6 is 0 Å². The standard InChI is InChI=1S/C18H29NO2/c1-4-14-6-5-9-18(11-14,12-19)17(20)15-7-8-16(21-3)13(2)10-15/h7-8,10,14,17,20H,4-6,9,11-12,19H2,1-3H3. The summed E-state index contributed by atoms with van der Waals surface area (Å²) >= 11 is 0. The van der Waals surface area contributed by atoms with Crippen molar-refractivity contribution < 1.29 is 9.84 Å². The number of nitrogens with two attached hydrogens (primary N) is 1. The van der Waals surface area contributed by atoms with Gasteiger partial charge in [0.15, 0.2) is 0 Å². The highest BCUT2D eigenvalue weighted by atomic mass is 16.5. The number of hydrogen-bond acceptors (Lipinski definition) is 3. The summed E-state index contributed by atoms with van der Waals surface area (Å²) in [4.78, 5) is 0. The molecule has 3 atom stereocenters. The Balaban J connectivity index is 2.27. The predicted molar refractivity (Wildman–Crippen MR) is 86.4 cm³/mol. The predicted octanol–water partition coefficient (Wildman–Crippen LogP) is 3.58. The second-order valence-corrected chi connectivity index (χ2v) is 6.57. The second-order valence-electron chi connectivity index (χ2n) is 6.57. The Morgan fingerprint density at radius 2 is 2.24 bits per heavy atom. The van der Waals surface area contributed by atoms with Crippen molar-refractivity contribution in [3.8, 4) is 5.75 Å². The van der Waals surface area contributed by atoms with Gasteiger partial charge in [-0.25, -0.2) is 0 Å². The maximum absolute atomic E-state index is 11.0. The van der Waals surface area contributed by atoms with Gasteiger partial charge in [0.2, 0.25) is 0 Å². The van der Waals surface area contributed by atoms with Crippen molar-refractivity contribution in [2.45, 2.75) is 52.1 Å². The summed E-state index contributed by atoms with van der Waals surface area (Å²) in [5.41, 5.74) is 7.96. The number of methoxy groups -OCH3 is 1. The molecule has 1 aromatic rings. The van der Waals surface area contributed by atoms with Gasteiger partial charge < -0.3 is 15.6 Å². The SMILES string of the molecule is CCC1CCCC(CN)(C(O)c2ccc(OC)c(C)c2)C1. The Bertz CT molecular complexity index is 474. The molecule has 118 valence electrons. The van der Waals surface area contributed by atoms with Gasteiger partial charge in [-0.1, -0.05) is 32.3 Å². The van der Waals surface area contributed by atoms with E-state index in [9.17, 15) is 5.11 Å². The maximum Gasteiger partial charge on any atom is 0.121 e. The summed E-state index contributed by atoms with van der Waals surface area (Å²) in [5, 5.41) is 11.0. The highest BCUT2D eigenvalue weighted by Crippen LogP contribution is 2.48. The van der Waals surface area contributed by atoms with Crippen LogP contribution in [0, 0.1) is 18.3 Å². The Morgan fingerprint density at radius 1 is 1.48 bits per heavy atom. The van der Waals surface area contributed by atoms with Gasteiger partial charge in [-0.3, -0.25) is 0 Å². The van der Waals surface area contributed by atoms with Crippen molar-refractivity contribution in [3.63, 3.8) is 0 Å². The first-order valence-corrected chi connectivity index (χ1v) is 8.09. The average molecular weight is 291 g/mol. The molecule has 3 unspecified atom stereocenters. The number of aryl methyl sites for hydroxylation is 1. The molecule has 1 aliphatic rings. The van der Waals surface area contributed by atoms with Crippen LogP contribution in [0.5, 0.6) is 5.75 Å². The molecule has 0 heterocycles. The quantitative estimate of drug-likeness (QED) is 0.871. The average Bonchev–Trinajstić information content (AvgIpc) is 2.53. The fraction of sp³-hybridized carbons (Fsp3) is 0.667. The molecule has 1 aliphatic carbocycles. The molecule has 0 aliphatic heterocycles. The van der Waals surface area contributed by atoms with Crippen LogP contribution in [0.4, 0.5) is 0 Å². The topological polar surface area (TPSA) is 55.5 Å². The van der Waals surface area contributed by atoms with Crippen LogP contribution in [0.25, 0.3) is 0 Å². The van der Waals surface area contributed by atoms with Crippen LogP contribution in [0.3, 0.4) is 0 Å². The van der Waals surface area contributed by atoms with E-state index in [0.717, 1.165) is 29.7 Å². The lowest BCUT2D eigenvalue weighted by molar-refractivity contribution is -0.0162. The fourth-order valence-corrected chi connectivity index (χ4v) is 3.84. The van der Waals surface area contributed by atoms with Gasteiger partial charge in [0.25, 0.3) is 0 Å². The monoisotopic (exact) mass is 291 g/mol. The molecule has 2 rings (SSSR count). The highest BCUT2D eigenvalue weighted by Gasteiger charge is 2.41. The summed E-state index contributed by atoms with van der Waals surface area (Å²) in [7, 11) is 1.67. The minimum Gasteiger partial charge on any atom is -0.496 e. The number of hydrogen-bond donors (Lipinski definition) is 2. The number of benzene rings is 1. The summed E-state index contributed by atoms with van der Waals surface area (Å²) in [5.74, 6) is 1.55. The third kappa shape index (κ3) is 3.24. The van der Waals surface area contributed by atoms with Gasteiger partial charge in [-0.05, 0) is 48.9 Å². The molecule has 1 saturated carbocycles. The molecule has 0 aromatic heterocycles. The zero-order valence-electron chi connectivity index (χ0n) is 13.6. The molecule has 0 amide bonds. The largest absolute Gasteiger partial charge is 0.496 e. The molecule has 0 saturated heterocycles. The zero-order valence-corrected chi connectivity index (χ0v) is 13.6. The van der Waals surface area contributed by atoms with Crippen molar-refractivity contribution in [2.75, 3.05) is 13.7 Å². The molecule has 1 aromatic carbocycles. The van der Waals surface area contributed by atoms with E-state index in [1.165, 1.54) is 19.3 Å². The normalized spacial score (nSPS) is 27.4.